The number of rotatable bonds is 8. The lowest BCUT2D eigenvalue weighted by Gasteiger charge is -2.23. The van der Waals surface area contributed by atoms with Crippen LogP contribution in [-0.4, -0.2) is 34.2 Å². The van der Waals surface area contributed by atoms with Gasteiger partial charge < -0.3 is 4.74 Å². The van der Waals surface area contributed by atoms with Gasteiger partial charge >= 0.3 is 0 Å². The molecule has 0 aromatic heterocycles. The highest BCUT2D eigenvalue weighted by Crippen LogP contribution is 2.25. The third-order valence-electron chi connectivity index (χ3n) is 5.47. The highest BCUT2D eigenvalue weighted by atomic mass is 32.2. The first-order valence-electron chi connectivity index (χ1n) is 10.3. The summed E-state index contributed by atoms with van der Waals surface area (Å²) in [7, 11) is -2.46. The molecular formula is C25H27N3O4S. The summed E-state index contributed by atoms with van der Waals surface area (Å²) in [6.45, 7) is 5.61. The number of aryl methyl sites for hydroxylation is 1. The van der Waals surface area contributed by atoms with Crippen LogP contribution in [0.2, 0.25) is 0 Å². The number of methoxy groups -OCH3 is 1. The summed E-state index contributed by atoms with van der Waals surface area (Å²) in [5, 5.41) is 4.04. The summed E-state index contributed by atoms with van der Waals surface area (Å²) >= 11 is 0. The number of hydrogen-bond acceptors (Lipinski definition) is 5. The van der Waals surface area contributed by atoms with E-state index in [1.807, 2.05) is 32.9 Å². The van der Waals surface area contributed by atoms with Gasteiger partial charge in [0.1, 0.15) is 12.3 Å². The molecule has 0 aliphatic heterocycles. The molecule has 0 fully saturated rings. The first-order chi connectivity index (χ1) is 15.7. The van der Waals surface area contributed by atoms with Crippen molar-refractivity contribution in [2.75, 3.05) is 18.0 Å². The number of benzene rings is 3. The number of carbonyl (C=O) groups is 1. The number of nitrogens with one attached hydrogen (secondary N) is 1. The first-order valence-corrected chi connectivity index (χ1v) is 11.8. The molecule has 3 aromatic rings. The van der Waals surface area contributed by atoms with E-state index in [0.29, 0.717) is 11.4 Å². The van der Waals surface area contributed by atoms with Crippen LogP contribution in [0.15, 0.2) is 76.7 Å². The van der Waals surface area contributed by atoms with E-state index in [0.717, 1.165) is 21.0 Å². The van der Waals surface area contributed by atoms with Crippen LogP contribution in [0.5, 0.6) is 5.75 Å². The third-order valence-corrected chi connectivity index (χ3v) is 7.26. The Bertz CT molecular complexity index is 1250. The molecule has 0 heterocycles. The van der Waals surface area contributed by atoms with Gasteiger partial charge in [0.25, 0.3) is 15.9 Å². The van der Waals surface area contributed by atoms with Crippen LogP contribution in [0.4, 0.5) is 5.69 Å². The van der Waals surface area contributed by atoms with Gasteiger partial charge in [-0.3, -0.25) is 9.10 Å². The van der Waals surface area contributed by atoms with E-state index < -0.39 is 22.5 Å². The number of nitrogens with zero attached hydrogens (tertiary/aromatic N) is 2. The van der Waals surface area contributed by atoms with Crippen molar-refractivity contribution in [3.05, 3.63) is 89.0 Å². The molecule has 1 amide bonds. The maximum Gasteiger partial charge on any atom is 0.264 e. The molecule has 7 nitrogen and oxygen atoms in total. The minimum absolute atomic E-state index is 0.0860. The number of sulfonamides is 1. The molecule has 0 unspecified atom stereocenters. The molecule has 0 saturated heterocycles. The van der Waals surface area contributed by atoms with Gasteiger partial charge in [-0.15, -0.1) is 0 Å². The molecule has 0 aliphatic carbocycles. The molecular weight excluding hydrogens is 438 g/mol. The molecule has 0 aliphatic rings. The molecule has 0 radical (unpaired) electrons. The molecule has 0 saturated carbocycles. The lowest BCUT2D eigenvalue weighted by Crippen LogP contribution is -2.39. The topological polar surface area (TPSA) is 88.1 Å². The van der Waals surface area contributed by atoms with Gasteiger partial charge in [-0.1, -0.05) is 30.3 Å². The van der Waals surface area contributed by atoms with E-state index >= 15 is 0 Å². The van der Waals surface area contributed by atoms with Crippen molar-refractivity contribution in [2.45, 2.75) is 25.7 Å². The summed E-state index contributed by atoms with van der Waals surface area (Å²) in [5.41, 5.74) is 7.05. The standard InChI is InChI=1S/C25H27N3O4S/c1-18-10-11-21(20(3)19(18)2)16-26-27-25(29)17-28(22-12-14-23(32-4)15-13-22)33(30,31)24-8-6-5-7-9-24/h5-16H,17H2,1-4H3,(H,27,29)/b26-16-. The Morgan fingerprint density at radius 3 is 2.27 bits per heavy atom. The van der Waals surface area contributed by atoms with Crippen LogP contribution < -0.4 is 14.5 Å². The Balaban J connectivity index is 1.84. The zero-order valence-corrected chi connectivity index (χ0v) is 19.9. The van der Waals surface area contributed by atoms with Crippen LogP contribution in [0.25, 0.3) is 0 Å². The minimum atomic E-state index is -3.98. The highest BCUT2D eigenvalue weighted by Gasteiger charge is 2.27. The van der Waals surface area contributed by atoms with Crippen molar-refractivity contribution in [3.8, 4) is 5.75 Å². The zero-order chi connectivity index (χ0) is 24.0. The van der Waals surface area contributed by atoms with Crippen molar-refractivity contribution in [1.82, 2.24) is 5.43 Å². The van der Waals surface area contributed by atoms with Gasteiger partial charge in [-0.25, -0.2) is 13.8 Å². The Morgan fingerprint density at radius 1 is 0.970 bits per heavy atom. The Labute approximate surface area is 194 Å². The van der Waals surface area contributed by atoms with Gasteiger partial charge in [0.05, 0.1) is 23.9 Å². The fourth-order valence-corrected chi connectivity index (χ4v) is 4.68. The summed E-state index contributed by atoms with van der Waals surface area (Å²) < 4.78 is 32.8. The summed E-state index contributed by atoms with van der Waals surface area (Å²) in [6, 6.07) is 18.4. The van der Waals surface area contributed by atoms with Crippen molar-refractivity contribution < 1.29 is 17.9 Å². The predicted molar refractivity (Wildman–Crippen MR) is 130 cm³/mol. The molecule has 0 bridgehead atoms. The largest absolute Gasteiger partial charge is 0.497 e. The van der Waals surface area contributed by atoms with Crippen LogP contribution >= 0.6 is 0 Å². The Hall–Kier alpha value is -3.65. The first kappa shape index (κ1) is 24.0. The van der Waals surface area contributed by atoms with Crippen molar-refractivity contribution in [3.63, 3.8) is 0 Å². The lowest BCUT2D eigenvalue weighted by molar-refractivity contribution is -0.119. The molecule has 172 valence electrons. The van der Waals surface area contributed by atoms with Crippen molar-refractivity contribution >= 4 is 27.8 Å². The monoisotopic (exact) mass is 465 g/mol. The number of hydrazone groups is 1. The maximum atomic E-state index is 13.3. The van der Waals surface area contributed by atoms with E-state index in [1.165, 1.54) is 24.8 Å². The second kappa shape index (κ2) is 10.3. The second-order valence-corrected chi connectivity index (χ2v) is 9.40. The summed E-state index contributed by atoms with van der Waals surface area (Å²) in [4.78, 5) is 12.8. The quantitative estimate of drug-likeness (QED) is 0.403. The van der Waals surface area contributed by atoms with E-state index in [2.05, 4.69) is 10.5 Å². The fraction of sp³-hybridized carbons (Fsp3) is 0.200. The number of amides is 1. The highest BCUT2D eigenvalue weighted by molar-refractivity contribution is 7.92. The fourth-order valence-electron chi connectivity index (χ4n) is 3.24. The maximum absolute atomic E-state index is 13.3. The Morgan fingerprint density at radius 2 is 1.64 bits per heavy atom. The van der Waals surface area contributed by atoms with Crippen LogP contribution in [0.3, 0.4) is 0 Å². The predicted octanol–water partition coefficient (Wildman–Crippen LogP) is 3.97. The van der Waals surface area contributed by atoms with E-state index in [9.17, 15) is 13.2 Å². The molecule has 3 rings (SSSR count). The second-order valence-electron chi connectivity index (χ2n) is 7.54. The molecule has 8 heteroatoms. The Kier molecular flexibility index (Phi) is 7.50. The summed E-state index contributed by atoms with van der Waals surface area (Å²) in [6.07, 6.45) is 1.56. The number of hydrogen-bond donors (Lipinski definition) is 1. The van der Waals surface area contributed by atoms with Gasteiger partial charge in [-0.05, 0) is 79.4 Å². The van der Waals surface area contributed by atoms with Gasteiger partial charge in [-0.2, -0.15) is 5.10 Å². The van der Waals surface area contributed by atoms with Crippen LogP contribution in [0, 0.1) is 20.8 Å². The summed E-state index contributed by atoms with van der Waals surface area (Å²) in [5.74, 6) is 0.0108. The van der Waals surface area contributed by atoms with Crippen molar-refractivity contribution in [1.29, 1.82) is 0 Å². The zero-order valence-electron chi connectivity index (χ0n) is 19.1. The molecule has 0 atom stereocenters. The lowest BCUT2D eigenvalue weighted by atomic mass is 10.00. The van der Waals surface area contributed by atoms with Crippen LogP contribution in [0.1, 0.15) is 22.3 Å². The van der Waals surface area contributed by atoms with E-state index in [4.69, 9.17) is 4.74 Å². The average Bonchev–Trinajstić information content (AvgIpc) is 2.83. The molecule has 33 heavy (non-hydrogen) atoms. The van der Waals surface area contributed by atoms with Crippen LogP contribution in [-0.2, 0) is 14.8 Å². The number of ether oxygens (including phenoxy) is 1. The third kappa shape index (κ3) is 5.59. The van der Waals surface area contributed by atoms with Gasteiger partial charge in [0.15, 0.2) is 0 Å². The van der Waals surface area contributed by atoms with Gasteiger partial charge in [0.2, 0.25) is 0 Å². The van der Waals surface area contributed by atoms with Gasteiger partial charge in [0, 0.05) is 0 Å². The van der Waals surface area contributed by atoms with E-state index in [1.54, 1.807) is 48.7 Å². The molecule has 3 aromatic carbocycles. The van der Waals surface area contributed by atoms with Crippen molar-refractivity contribution in [2.24, 2.45) is 5.10 Å². The number of carbonyl (C=O) groups excluding carboxylic acids is 1. The smallest absolute Gasteiger partial charge is 0.264 e. The SMILES string of the molecule is COc1ccc(N(CC(=O)N/N=C\c2ccc(C)c(C)c2C)S(=O)(=O)c2ccccc2)cc1. The minimum Gasteiger partial charge on any atom is -0.497 e. The molecule has 1 N–H and O–H groups in total. The normalized spacial score (nSPS) is 11.4. The number of anilines is 1. The average molecular weight is 466 g/mol. The van der Waals surface area contributed by atoms with E-state index in [-0.39, 0.29) is 4.90 Å². The molecule has 0 spiro atoms.